The maximum Gasteiger partial charge on any atom is 0.263 e. The molecule has 3 heterocycles. The molecule has 1 N–H and O–H groups in total. The van der Waals surface area contributed by atoms with Crippen molar-refractivity contribution in [2.45, 2.75) is 25.3 Å². The third-order valence-electron chi connectivity index (χ3n) is 5.86. The molecule has 9 heteroatoms. The van der Waals surface area contributed by atoms with Crippen molar-refractivity contribution in [2.75, 3.05) is 0 Å². The largest absolute Gasteiger partial charge is 0.505 e. The van der Waals surface area contributed by atoms with Gasteiger partial charge in [0.15, 0.2) is 17.4 Å². The van der Waals surface area contributed by atoms with Gasteiger partial charge in [0.1, 0.15) is 10.7 Å². The molecule has 0 bridgehead atoms. The summed E-state index contributed by atoms with van der Waals surface area (Å²) in [6.07, 6.45) is 5.15. The third-order valence-corrected chi connectivity index (χ3v) is 7.28. The SMILES string of the molecule is O=c1c2c(nc(-c3cc(F)c(F)cc3C3CC3)n1CC1=NC=C1)sc1c(O)c(Cl)ccc12. The van der Waals surface area contributed by atoms with Gasteiger partial charge in [0, 0.05) is 17.1 Å². The van der Waals surface area contributed by atoms with Gasteiger partial charge < -0.3 is 5.11 Å². The number of aromatic nitrogens is 2. The number of thiophene rings is 1. The van der Waals surface area contributed by atoms with Gasteiger partial charge in [-0.05, 0) is 48.6 Å². The number of benzene rings is 2. The van der Waals surface area contributed by atoms with E-state index in [2.05, 4.69) is 4.99 Å². The van der Waals surface area contributed by atoms with Gasteiger partial charge in [-0.2, -0.15) is 0 Å². The van der Waals surface area contributed by atoms with Gasteiger partial charge in [0.25, 0.3) is 5.56 Å². The lowest BCUT2D eigenvalue weighted by Gasteiger charge is -2.17. The van der Waals surface area contributed by atoms with Crippen LogP contribution in [0.5, 0.6) is 5.75 Å². The van der Waals surface area contributed by atoms with Crippen LogP contribution in [0.1, 0.15) is 24.3 Å². The summed E-state index contributed by atoms with van der Waals surface area (Å²) < 4.78 is 30.3. The molecule has 1 aliphatic carbocycles. The molecule has 1 aliphatic heterocycles. The Labute approximate surface area is 188 Å². The number of phenols is 1. The van der Waals surface area contributed by atoms with E-state index in [9.17, 15) is 18.7 Å². The number of rotatable bonds is 4. The van der Waals surface area contributed by atoms with Gasteiger partial charge in [-0.1, -0.05) is 17.7 Å². The lowest BCUT2D eigenvalue weighted by atomic mass is 10.0. The number of fused-ring (bicyclic) bond motifs is 3. The molecule has 4 aromatic rings. The van der Waals surface area contributed by atoms with Crippen molar-refractivity contribution in [3.63, 3.8) is 0 Å². The fourth-order valence-electron chi connectivity index (χ4n) is 4.06. The predicted octanol–water partition coefficient (Wildman–Crippen LogP) is 5.76. The number of hydrogen-bond donors (Lipinski definition) is 1. The molecule has 2 aromatic carbocycles. The summed E-state index contributed by atoms with van der Waals surface area (Å²) in [7, 11) is 0. The Hall–Kier alpha value is -3.10. The van der Waals surface area contributed by atoms with Crippen molar-refractivity contribution in [1.82, 2.24) is 9.55 Å². The topological polar surface area (TPSA) is 67.5 Å². The van der Waals surface area contributed by atoms with Crippen LogP contribution in [0.15, 0.2) is 46.3 Å². The molecule has 5 nitrogen and oxygen atoms in total. The maximum absolute atomic E-state index is 14.3. The molecule has 1 saturated carbocycles. The fourth-order valence-corrected chi connectivity index (χ4v) is 5.38. The second-order valence-electron chi connectivity index (χ2n) is 7.95. The third kappa shape index (κ3) is 2.90. The predicted molar refractivity (Wildman–Crippen MR) is 122 cm³/mol. The highest BCUT2D eigenvalue weighted by molar-refractivity contribution is 7.25. The molecule has 1 fully saturated rings. The van der Waals surface area contributed by atoms with Gasteiger partial charge in [0.2, 0.25) is 0 Å². The van der Waals surface area contributed by atoms with Crippen LogP contribution in [0.3, 0.4) is 0 Å². The van der Waals surface area contributed by atoms with Gasteiger partial charge in [-0.15, -0.1) is 11.3 Å². The summed E-state index contributed by atoms with van der Waals surface area (Å²) in [5.74, 6) is -1.67. The van der Waals surface area contributed by atoms with E-state index in [-0.39, 0.29) is 34.6 Å². The molecule has 32 heavy (non-hydrogen) atoms. The van der Waals surface area contributed by atoms with Crippen molar-refractivity contribution < 1.29 is 13.9 Å². The molecule has 0 unspecified atom stereocenters. The van der Waals surface area contributed by atoms with E-state index in [4.69, 9.17) is 16.6 Å². The molecular formula is C23H14ClF2N3O2S. The van der Waals surface area contributed by atoms with Gasteiger partial charge >= 0.3 is 0 Å². The minimum atomic E-state index is -0.994. The van der Waals surface area contributed by atoms with E-state index in [1.54, 1.807) is 18.3 Å². The summed E-state index contributed by atoms with van der Waals surface area (Å²) >= 11 is 7.19. The van der Waals surface area contributed by atoms with Gasteiger partial charge in [-0.25, -0.2) is 13.8 Å². The van der Waals surface area contributed by atoms with Crippen molar-refractivity contribution in [2.24, 2.45) is 4.99 Å². The molecule has 0 atom stereocenters. The second kappa shape index (κ2) is 6.95. The zero-order chi connectivity index (χ0) is 22.1. The highest BCUT2D eigenvalue weighted by atomic mass is 35.5. The zero-order valence-electron chi connectivity index (χ0n) is 16.4. The lowest BCUT2D eigenvalue weighted by molar-refractivity contribution is 0.483. The molecule has 0 spiro atoms. The van der Waals surface area contributed by atoms with Crippen molar-refractivity contribution in [3.05, 3.63) is 69.1 Å². The number of allylic oxidation sites excluding steroid dienone is 1. The van der Waals surface area contributed by atoms with E-state index >= 15 is 0 Å². The van der Waals surface area contributed by atoms with Crippen LogP contribution in [0.4, 0.5) is 8.78 Å². The first-order valence-electron chi connectivity index (χ1n) is 9.99. The fraction of sp³-hybridized carbons (Fsp3) is 0.174. The van der Waals surface area contributed by atoms with Crippen molar-refractivity contribution in [3.8, 4) is 17.1 Å². The van der Waals surface area contributed by atoms with E-state index in [1.807, 2.05) is 0 Å². The quantitative estimate of drug-likeness (QED) is 0.413. The average molecular weight is 470 g/mol. The number of halogens is 3. The molecular weight excluding hydrogens is 456 g/mol. The van der Waals surface area contributed by atoms with E-state index in [1.165, 1.54) is 16.7 Å². The second-order valence-corrected chi connectivity index (χ2v) is 9.35. The highest BCUT2D eigenvalue weighted by Gasteiger charge is 2.30. The molecule has 0 saturated heterocycles. The Kier molecular flexibility index (Phi) is 4.25. The number of aromatic hydroxyl groups is 1. The maximum atomic E-state index is 14.3. The van der Waals surface area contributed by atoms with Crippen molar-refractivity contribution in [1.29, 1.82) is 0 Å². The van der Waals surface area contributed by atoms with Crippen LogP contribution in [-0.4, -0.2) is 20.4 Å². The summed E-state index contributed by atoms with van der Waals surface area (Å²) in [4.78, 5) is 23.0. The van der Waals surface area contributed by atoms with E-state index < -0.39 is 11.6 Å². The van der Waals surface area contributed by atoms with E-state index in [0.29, 0.717) is 37.1 Å². The van der Waals surface area contributed by atoms with Gasteiger partial charge in [0.05, 0.1) is 27.4 Å². The number of hydrogen-bond acceptors (Lipinski definition) is 5. The van der Waals surface area contributed by atoms with Crippen LogP contribution in [-0.2, 0) is 6.54 Å². The molecule has 6 rings (SSSR count). The van der Waals surface area contributed by atoms with Gasteiger partial charge in [-0.3, -0.25) is 14.4 Å². The Bertz CT molecular complexity index is 1580. The Morgan fingerprint density at radius 3 is 2.66 bits per heavy atom. The van der Waals surface area contributed by atoms with E-state index in [0.717, 1.165) is 30.2 Å². The number of aliphatic imine (C=N–C) groups is 1. The summed E-state index contributed by atoms with van der Waals surface area (Å²) in [5, 5.41) is 11.5. The first kappa shape index (κ1) is 19.6. The lowest BCUT2D eigenvalue weighted by Crippen LogP contribution is -2.27. The highest BCUT2D eigenvalue weighted by Crippen LogP contribution is 2.46. The van der Waals surface area contributed by atoms with Crippen LogP contribution >= 0.6 is 22.9 Å². The van der Waals surface area contributed by atoms with Crippen LogP contribution in [0.25, 0.3) is 31.7 Å². The van der Waals surface area contributed by atoms with Crippen LogP contribution < -0.4 is 5.56 Å². The zero-order valence-corrected chi connectivity index (χ0v) is 18.0. The monoisotopic (exact) mass is 469 g/mol. The summed E-state index contributed by atoms with van der Waals surface area (Å²) in [6.45, 7) is 0.146. The molecule has 160 valence electrons. The molecule has 2 aliphatic rings. The normalized spacial score (nSPS) is 15.4. The Morgan fingerprint density at radius 2 is 1.97 bits per heavy atom. The molecule has 2 aromatic heterocycles. The Morgan fingerprint density at radius 1 is 1.22 bits per heavy atom. The summed E-state index contributed by atoms with van der Waals surface area (Å²) in [6, 6.07) is 5.53. The standard InChI is InChI=1S/C23H14ClF2N3O2S/c24-15-4-3-12-18-22(32-20(12)19(15)30)28-21(29(23(18)31)9-11-5-6-27-11)14-8-17(26)16(25)7-13(14)10-1-2-10/h3-8,10,30H,1-2,9H2. The molecule has 0 amide bonds. The first-order valence-corrected chi connectivity index (χ1v) is 11.2. The van der Waals surface area contributed by atoms with Crippen LogP contribution in [0, 0.1) is 11.6 Å². The minimum Gasteiger partial charge on any atom is -0.505 e. The smallest absolute Gasteiger partial charge is 0.263 e. The number of nitrogens with zero attached hydrogens (tertiary/aromatic N) is 3. The Balaban J connectivity index is 1.70. The average Bonchev–Trinajstić information content (AvgIpc) is 3.51. The first-order chi connectivity index (χ1) is 15.4. The molecule has 0 radical (unpaired) electrons. The number of phenolic OH excluding ortho intramolecular Hbond substituents is 1. The minimum absolute atomic E-state index is 0.104. The summed E-state index contributed by atoms with van der Waals surface area (Å²) in [5.41, 5.74) is 1.37. The van der Waals surface area contributed by atoms with Crippen molar-refractivity contribution >= 4 is 49.0 Å². The van der Waals surface area contributed by atoms with Crippen LogP contribution in [0.2, 0.25) is 5.02 Å².